The number of hydrogen-bond acceptors (Lipinski definition) is 4. The number of carboxylic acids is 1. The topological polar surface area (TPSA) is 66.4 Å². The molecule has 2 N–H and O–H groups in total. The molecule has 1 aliphatic heterocycles. The van der Waals surface area contributed by atoms with Gasteiger partial charge in [-0.1, -0.05) is 47.5 Å². The first-order valence-electron chi connectivity index (χ1n) is 8.18. The minimum absolute atomic E-state index is 0.0252. The largest absolute Gasteiger partial charge is 0.481 e. The maximum Gasteiger partial charge on any atom is 0.313 e. The monoisotopic (exact) mass is 441 g/mol. The van der Waals surface area contributed by atoms with Gasteiger partial charge in [0.05, 0.1) is 11.5 Å². The Balaban J connectivity index is 1.94. The Morgan fingerprint density at radius 1 is 1.15 bits per heavy atom. The highest BCUT2D eigenvalue weighted by Crippen LogP contribution is 2.48. The zero-order valence-electron chi connectivity index (χ0n) is 14.2. The molecule has 0 bridgehead atoms. The molecule has 1 aliphatic rings. The Labute approximate surface area is 176 Å². The van der Waals surface area contributed by atoms with E-state index < -0.39 is 10.8 Å². The lowest BCUT2D eigenvalue weighted by Crippen LogP contribution is -2.38. The van der Waals surface area contributed by atoms with E-state index in [9.17, 15) is 9.59 Å². The molecule has 0 spiro atoms. The molecule has 0 unspecified atom stereocenters. The second-order valence-corrected chi connectivity index (χ2v) is 9.46. The minimum atomic E-state index is -0.873. The molecular formula is C19H17Cl2NO3S2. The molecule has 0 radical (unpaired) electrons. The van der Waals surface area contributed by atoms with E-state index in [1.807, 2.05) is 24.3 Å². The Kier molecular flexibility index (Phi) is 6.63. The quantitative estimate of drug-likeness (QED) is 0.635. The van der Waals surface area contributed by atoms with Crippen LogP contribution in [-0.2, 0) is 14.5 Å². The summed E-state index contributed by atoms with van der Waals surface area (Å²) in [7, 11) is 0. The first-order chi connectivity index (χ1) is 12.9. The van der Waals surface area contributed by atoms with Crippen molar-refractivity contribution in [1.82, 2.24) is 5.32 Å². The second kappa shape index (κ2) is 8.78. The number of halogens is 2. The van der Waals surface area contributed by atoms with Crippen molar-refractivity contribution in [1.29, 1.82) is 0 Å². The summed E-state index contributed by atoms with van der Waals surface area (Å²) in [6, 6.07) is 14.8. The van der Waals surface area contributed by atoms with E-state index in [4.69, 9.17) is 28.3 Å². The Morgan fingerprint density at radius 2 is 1.74 bits per heavy atom. The van der Waals surface area contributed by atoms with E-state index in [2.05, 4.69) is 5.32 Å². The van der Waals surface area contributed by atoms with Crippen LogP contribution >= 0.6 is 46.7 Å². The average molecular weight is 442 g/mol. The van der Waals surface area contributed by atoms with Crippen molar-refractivity contribution in [3.05, 3.63) is 69.7 Å². The predicted molar refractivity (Wildman–Crippen MR) is 113 cm³/mol. The van der Waals surface area contributed by atoms with Gasteiger partial charge in [-0.25, -0.2) is 0 Å². The summed E-state index contributed by atoms with van der Waals surface area (Å²) >= 11 is 14.9. The SMILES string of the molecule is O=C(O)CS[C@@H](C[C@@]1(c2ccc(Cl)cc2)NC(=O)CS1)c1ccc(Cl)cc1. The number of carboxylic acid groups (broad SMARTS) is 1. The zero-order valence-corrected chi connectivity index (χ0v) is 17.3. The van der Waals surface area contributed by atoms with Crippen LogP contribution in [0.15, 0.2) is 48.5 Å². The standard InChI is InChI=1S/C19H17Cl2NO3S2/c20-14-5-1-12(2-6-14)16(26-11-18(24)25)9-19(22-17(23)10-27-19)13-3-7-15(21)8-4-13/h1-8,16H,9-11H2,(H,22,23)(H,24,25)/t16-,19+/m0/s1. The highest BCUT2D eigenvalue weighted by molar-refractivity contribution is 8.01. The highest BCUT2D eigenvalue weighted by atomic mass is 35.5. The Hall–Kier alpha value is -1.34. The Bertz CT molecular complexity index is 830. The molecule has 1 fully saturated rings. The summed E-state index contributed by atoms with van der Waals surface area (Å²) < 4.78 is 0. The highest BCUT2D eigenvalue weighted by Gasteiger charge is 2.42. The number of nitrogens with one attached hydrogen (secondary N) is 1. The summed E-state index contributed by atoms with van der Waals surface area (Å²) in [5.74, 6) is -0.571. The van der Waals surface area contributed by atoms with Crippen molar-refractivity contribution < 1.29 is 14.7 Å². The molecular weight excluding hydrogens is 425 g/mol. The fourth-order valence-corrected chi connectivity index (χ4v) is 5.61. The van der Waals surface area contributed by atoms with Crippen LogP contribution in [0.2, 0.25) is 10.0 Å². The lowest BCUT2D eigenvalue weighted by molar-refractivity contribution is -0.134. The summed E-state index contributed by atoms with van der Waals surface area (Å²) in [5.41, 5.74) is 1.92. The first-order valence-corrected chi connectivity index (χ1v) is 11.0. The summed E-state index contributed by atoms with van der Waals surface area (Å²) in [4.78, 5) is 22.6. The van der Waals surface area contributed by atoms with E-state index in [1.54, 1.807) is 24.3 Å². The maximum absolute atomic E-state index is 12.1. The van der Waals surface area contributed by atoms with Gasteiger partial charge in [0.25, 0.3) is 0 Å². The minimum Gasteiger partial charge on any atom is -0.481 e. The number of carbonyl (C=O) groups is 2. The van der Waals surface area contributed by atoms with E-state index in [-0.39, 0.29) is 16.9 Å². The predicted octanol–water partition coefficient (Wildman–Crippen LogP) is 4.96. The van der Waals surface area contributed by atoms with Crippen LogP contribution in [0.1, 0.15) is 22.8 Å². The first kappa shape index (κ1) is 20.4. The lowest BCUT2D eigenvalue weighted by atomic mass is 9.97. The van der Waals surface area contributed by atoms with Crippen LogP contribution < -0.4 is 5.32 Å². The molecule has 1 saturated heterocycles. The van der Waals surface area contributed by atoms with Crippen LogP contribution in [0.25, 0.3) is 0 Å². The van der Waals surface area contributed by atoms with Crippen LogP contribution in [0.4, 0.5) is 0 Å². The third-order valence-corrected chi connectivity index (χ3v) is 7.39. The molecule has 1 heterocycles. The summed E-state index contributed by atoms with van der Waals surface area (Å²) in [5, 5.41) is 13.4. The van der Waals surface area contributed by atoms with Crippen molar-refractivity contribution >= 4 is 58.6 Å². The van der Waals surface area contributed by atoms with Gasteiger partial charge in [-0.15, -0.1) is 23.5 Å². The fourth-order valence-electron chi connectivity index (χ4n) is 2.97. The van der Waals surface area contributed by atoms with Gasteiger partial charge in [-0.05, 0) is 35.4 Å². The van der Waals surface area contributed by atoms with Crippen molar-refractivity contribution in [2.45, 2.75) is 16.5 Å². The number of amides is 1. The third kappa shape index (κ3) is 5.13. The van der Waals surface area contributed by atoms with Crippen LogP contribution in [0, 0.1) is 0 Å². The van der Waals surface area contributed by atoms with E-state index in [0.29, 0.717) is 22.2 Å². The number of rotatable bonds is 7. The molecule has 142 valence electrons. The van der Waals surface area contributed by atoms with Crippen molar-refractivity contribution in [3.8, 4) is 0 Å². The molecule has 0 saturated carbocycles. The van der Waals surface area contributed by atoms with Crippen molar-refractivity contribution in [2.24, 2.45) is 0 Å². The van der Waals surface area contributed by atoms with Gasteiger partial charge in [0.1, 0.15) is 4.87 Å². The van der Waals surface area contributed by atoms with Gasteiger partial charge < -0.3 is 10.4 Å². The number of carbonyl (C=O) groups excluding carboxylic acids is 1. The molecule has 2 aromatic rings. The summed E-state index contributed by atoms with van der Waals surface area (Å²) in [6.45, 7) is 0. The molecule has 0 aromatic heterocycles. The molecule has 1 amide bonds. The van der Waals surface area contributed by atoms with Crippen LogP contribution in [0.3, 0.4) is 0 Å². The van der Waals surface area contributed by atoms with E-state index in [0.717, 1.165) is 11.1 Å². The smallest absolute Gasteiger partial charge is 0.313 e. The fraction of sp³-hybridized carbons (Fsp3) is 0.263. The molecule has 3 rings (SSSR count). The van der Waals surface area contributed by atoms with Gasteiger partial charge in [0.2, 0.25) is 5.91 Å². The average Bonchev–Trinajstić information content (AvgIpc) is 3.01. The molecule has 2 aromatic carbocycles. The van der Waals surface area contributed by atoms with E-state index >= 15 is 0 Å². The number of hydrogen-bond donors (Lipinski definition) is 2. The van der Waals surface area contributed by atoms with Crippen molar-refractivity contribution in [3.63, 3.8) is 0 Å². The van der Waals surface area contributed by atoms with E-state index in [1.165, 1.54) is 23.5 Å². The van der Waals surface area contributed by atoms with Crippen LogP contribution in [-0.4, -0.2) is 28.5 Å². The normalized spacial score (nSPS) is 20.3. The molecule has 27 heavy (non-hydrogen) atoms. The van der Waals surface area contributed by atoms with Gasteiger partial charge in [-0.3, -0.25) is 9.59 Å². The zero-order chi connectivity index (χ0) is 19.4. The molecule has 0 aliphatic carbocycles. The van der Waals surface area contributed by atoms with Gasteiger partial charge in [-0.2, -0.15) is 0 Å². The summed E-state index contributed by atoms with van der Waals surface area (Å²) in [6.07, 6.45) is 0.546. The molecule has 2 atom stereocenters. The van der Waals surface area contributed by atoms with Gasteiger partial charge in [0.15, 0.2) is 0 Å². The number of thioether (sulfide) groups is 2. The van der Waals surface area contributed by atoms with Crippen molar-refractivity contribution in [2.75, 3.05) is 11.5 Å². The number of aliphatic carboxylic acids is 1. The van der Waals surface area contributed by atoms with Gasteiger partial charge in [0, 0.05) is 21.7 Å². The lowest BCUT2D eigenvalue weighted by Gasteiger charge is -2.33. The third-order valence-electron chi connectivity index (χ3n) is 4.22. The molecule has 8 heteroatoms. The Morgan fingerprint density at radius 3 is 2.26 bits per heavy atom. The van der Waals surface area contributed by atoms with Gasteiger partial charge >= 0.3 is 5.97 Å². The number of benzene rings is 2. The van der Waals surface area contributed by atoms with Crippen LogP contribution in [0.5, 0.6) is 0 Å². The molecule has 4 nitrogen and oxygen atoms in total. The maximum atomic E-state index is 12.1. The second-order valence-electron chi connectivity index (χ2n) is 6.12.